The second-order valence-corrected chi connectivity index (χ2v) is 4.26. The molecule has 1 N–H and O–H groups in total. The lowest BCUT2D eigenvalue weighted by molar-refractivity contribution is -0.0274. The van der Waals surface area contributed by atoms with Gasteiger partial charge in [0.15, 0.2) is 5.82 Å². The van der Waals surface area contributed by atoms with Gasteiger partial charge in [0.2, 0.25) is 0 Å². The molecule has 1 unspecified atom stereocenters. The van der Waals surface area contributed by atoms with Crippen LogP contribution in [0.3, 0.4) is 0 Å². The Bertz CT molecular complexity index is 384. The third-order valence-corrected chi connectivity index (χ3v) is 2.67. The Labute approximate surface area is 100 Å². The van der Waals surface area contributed by atoms with Gasteiger partial charge in [-0.25, -0.2) is 14.8 Å². The fraction of sp³-hybridized carbons (Fsp3) is 0.444. The molecule has 0 spiro atoms. The van der Waals surface area contributed by atoms with Gasteiger partial charge in [-0.2, -0.15) is 0 Å². The number of carboxylic acid groups (broad SMARTS) is 1. The summed E-state index contributed by atoms with van der Waals surface area (Å²) in [5, 5.41) is 8.87. The summed E-state index contributed by atoms with van der Waals surface area (Å²) in [6.45, 7) is 1.04. The van der Waals surface area contributed by atoms with E-state index in [1.165, 1.54) is 4.90 Å². The van der Waals surface area contributed by atoms with E-state index in [1.54, 1.807) is 12.4 Å². The molecule has 0 aromatic carbocycles. The smallest absolute Gasteiger partial charge is 0.407 e. The van der Waals surface area contributed by atoms with Gasteiger partial charge in [0.05, 0.1) is 17.6 Å². The van der Waals surface area contributed by atoms with Crippen LogP contribution in [0.5, 0.6) is 0 Å². The van der Waals surface area contributed by atoms with Crippen molar-refractivity contribution in [3.05, 3.63) is 22.7 Å². The van der Waals surface area contributed by atoms with Gasteiger partial charge >= 0.3 is 6.09 Å². The van der Waals surface area contributed by atoms with Crippen LogP contribution in [0.15, 0.2) is 16.9 Å². The van der Waals surface area contributed by atoms with E-state index in [-0.39, 0.29) is 12.6 Å². The first-order chi connectivity index (χ1) is 7.66. The number of nitrogens with zero attached hydrogens (tertiary/aromatic N) is 3. The predicted molar refractivity (Wildman–Crippen MR) is 58.0 cm³/mol. The third kappa shape index (κ3) is 2.48. The summed E-state index contributed by atoms with van der Waals surface area (Å²) < 4.78 is 6.22. The topological polar surface area (TPSA) is 75.5 Å². The number of morpholine rings is 1. The first kappa shape index (κ1) is 11.3. The van der Waals surface area contributed by atoms with Crippen molar-refractivity contribution in [3.8, 4) is 0 Å². The number of rotatable bonds is 1. The first-order valence-corrected chi connectivity index (χ1v) is 5.53. The maximum Gasteiger partial charge on any atom is 0.407 e. The highest BCUT2D eigenvalue weighted by Gasteiger charge is 2.26. The fourth-order valence-electron chi connectivity index (χ4n) is 1.47. The third-order valence-electron chi connectivity index (χ3n) is 2.27. The summed E-state index contributed by atoms with van der Waals surface area (Å²) in [5.74, 6) is 0.508. The van der Waals surface area contributed by atoms with E-state index in [0.29, 0.717) is 19.0 Å². The lowest BCUT2D eigenvalue weighted by Gasteiger charge is -2.29. The Kier molecular flexibility index (Phi) is 3.35. The molecule has 16 heavy (non-hydrogen) atoms. The van der Waals surface area contributed by atoms with Crippen LogP contribution in [0.2, 0.25) is 0 Å². The van der Waals surface area contributed by atoms with Crippen molar-refractivity contribution in [1.29, 1.82) is 0 Å². The van der Waals surface area contributed by atoms with E-state index >= 15 is 0 Å². The van der Waals surface area contributed by atoms with Crippen LogP contribution in [0.4, 0.5) is 4.79 Å². The van der Waals surface area contributed by atoms with Crippen LogP contribution in [0, 0.1) is 0 Å². The van der Waals surface area contributed by atoms with Crippen LogP contribution < -0.4 is 0 Å². The van der Waals surface area contributed by atoms with Crippen LogP contribution >= 0.6 is 15.9 Å². The number of hydrogen-bond donors (Lipinski definition) is 1. The minimum atomic E-state index is -0.939. The normalized spacial score (nSPS) is 20.8. The number of hydrogen-bond acceptors (Lipinski definition) is 4. The number of amides is 1. The molecule has 0 radical (unpaired) electrons. The molecule has 1 amide bonds. The zero-order valence-corrected chi connectivity index (χ0v) is 9.92. The Morgan fingerprint density at radius 3 is 2.88 bits per heavy atom. The standard InChI is InChI=1S/C9H10BrN3O3/c10-6-3-11-8(12-4-6)7-5-13(9(14)15)1-2-16-7/h3-4,7H,1-2,5H2,(H,14,15). The van der Waals surface area contributed by atoms with Crippen molar-refractivity contribution in [2.75, 3.05) is 19.7 Å². The molecular formula is C9H10BrN3O3. The van der Waals surface area contributed by atoms with Gasteiger partial charge in [0.25, 0.3) is 0 Å². The summed E-state index contributed by atoms with van der Waals surface area (Å²) >= 11 is 3.23. The largest absolute Gasteiger partial charge is 0.465 e. The number of halogens is 1. The highest BCUT2D eigenvalue weighted by Crippen LogP contribution is 2.19. The Morgan fingerprint density at radius 2 is 2.25 bits per heavy atom. The van der Waals surface area contributed by atoms with E-state index in [2.05, 4.69) is 25.9 Å². The maximum absolute atomic E-state index is 10.8. The Balaban J connectivity index is 2.09. The molecule has 86 valence electrons. The van der Waals surface area contributed by atoms with Gasteiger partial charge in [-0.05, 0) is 15.9 Å². The van der Waals surface area contributed by atoms with Gasteiger partial charge < -0.3 is 14.7 Å². The Hall–Kier alpha value is -1.21. The van der Waals surface area contributed by atoms with E-state index in [1.807, 2.05) is 0 Å². The summed E-state index contributed by atoms with van der Waals surface area (Å²) in [7, 11) is 0. The van der Waals surface area contributed by atoms with Crippen molar-refractivity contribution in [3.63, 3.8) is 0 Å². The zero-order chi connectivity index (χ0) is 11.5. The first-order valence-electron chi connectivity index (χ1n) is 4.74. The fourth-order valence-corrected chi connectivity index (χ4v) is 1.67. The van der Waals surface area contributed by atoms with Gasteiger partial charge in [0.1, 0.15) is 6.10 Å². The molecule has 0 bridgehead atoms. The predicted octanol–water partition coefficient (Wildman–Crippen LogP) is 1.29. The summed E-state index contributed by atoms with van der Waals surface area (Å²) in [4.78, 5) is 20.3. The minimum absolute atomic E-state index is 0.275. The minimum Gasteiger partial charge on any atom is -0.465 e. The Morgan fingerprint density at radius 1 is 1.56 bits per heavy atom. The van der Waals surface area contributed by atoms with Gasteiger partial charge in [-0.15, -0.1) is 0 Å². The van der Waals surface area contributed by atoms with Crippen molar-refractivity contribution in [2.24, 2.45) is 0 Å². The van der Waals surface area contributed by atoms with Crippen molar-refractivity contribution >= 4 is 22.0 Å². The zero-order valence-electron chi connectivity index (χ0n) is 8.34. The van der Waals surface area contributed by atoms with Crippen LogP contribution in [0.25, 0.3) is 0 Å². The van der Waals surface area contributed by atoms with Gasteiger partial charge in [-0.3, -0.25) is 0 Å². The summed E-state index contributed by atoms with van der Waals surface area (Å²) in [6.07, 6.45) is 1.92. The van der Waals surface area contributed by atoms with Crippen LogP contribution in [-0.4, -0.2) is 45.8 Å². The number of carbonyl (C=O) groups is 1. The molecule has 0 aliphatic carbocycles. The van der Waals surface area contributed by atoms with E-state index < -0.39 is 6.09 Å². The molecule has 6 nitrogen and oxygen atoms in total. The van der Waals surface area contributed by atoms with Gasteiger partial charge in [0, 0.05) is 18.9 Å². The number of aromatic nitrogens is 2. The molecule has 1 aliphatic heterocycles. The SMILES string of the molecule is O=C(O)N1CCOC(c2ncc(Br)cn2)C1. The lowest BCUT2D eigenvalue weighted by Crippen LogP contribution is -2.41. The second-order valence-electron chi connectivity index (χ2n) is 3.35. The average molecular weight is 288 g/mol. The average Bonchev–Trinajstić information content (AvgIpc) is 2.30. The molecule has 1 aliphatic rings. The van der Waals surface area contributed by atoms with E-state index in [4.69, 9.17) is 9.84 Å². The monoisotopic (exact) mass is 287 g/mol. The summed E-state index contributed by atoms with van der Waals surface area (Å²) in [6, 6.07) is 0. The molecule has 7 heteroatoms. The van der Waals surface area contributed by atoms with Crippen LogP contribution in [-0.2, 0) is 4.74 Å². The maximum atomic E-state index is 10.8. The molecule has 1 atom stereocenters. The molecule has 1 aromatic rings. The van der Waals surface area contributed by atoms with E-state index in [0.717, 1.165) is 4.47 Å². The van der Waals surface area contributed by atoms with Crippen LogP contribution in [0.1, 0.15) is 11.9 Å². The molecule has 0 saturated carbocycles. The molecular weight excluding hydrogens is 278 g/mol. The quantitative estimate of drug-likeness (QED) is 0.842. The molecule has 1 aromatic heterocycles. The van der Waals surface area contributed by atoms with E-state index in [9.17, 15) is 4.79 Å². The highest BCUT2D eigenvalue weighted by molar-refractivity contribution is 9.10. The highest BCUT2D eigenvalue weighted by atomic mass is 79.9. The van der Waals surface area contributed by atoms with Crippen molar-refractivity contribution in [2.45, 2.75) is 6.10 Å². The molecule has 1 fully saturated rings. The summed E-state index contributed by atoms with van der Waals surface area (Å²) in [5.41, 5.74) is 0. The second kappa shape index (κ2) is 4.75. The van der Waals surface area contributed by atoms with Gasteiger partial charge in [-0.1, -0.05) is 0 Å². The molecule has 2 heterocycles. The molecule has 2 rings (SSSR count). The molecule has 1 saturated heterocycles. The van der Waals surface area contributed by atoms with Crippen molar-refractivity contribution < 1.29 is 14.6 Å². The number of ether oxygens (including phenoxy) is 1. The lowest BCUT2D eigenvalue weighted by atomic mass is 10.2. The van der Waals surface area contributed by atoms with Crippen molar-refractivity contribution in [1.82, 2.24) is 14.9 Å².